The van der Waals surface area contributed by atoms with Gasteiger partial charge in [0.2, 0.25) is 0 Å². The monoisotopic (exact) mass is 446 g/mol. The van der Waals surface area contributed by atoms with E-state index in [2.05, 4.69) is 28.6 Å². The van der Waals surface area contributed by atoms with Crippen molar-refractivity contribution < 1.29 is 9.53 Å². The van der Waals surface area contributed by atoms with Crippen molar-refractivity contribution in [2.75, 3.05) is 20.2 Å². The van der Waals surface area contributed by atoms with E-state index >= 15 is 0 Å². The van der Waals surface area contributed by atoms with E-state index in [0.717, 1.165) is 53.0 Å². The van der Waals surface area contributed by atoms with Crippen molar-refractivity contribution in [3.05, 3.63) is 42.1 Å². The Kier molecular flexibility index (Phi) is 5.12. The molecule has 0 bridgehead atoms. The van der Waals surface area contributed by atoms with Crippen molar-refractivity contribution in [2.24, 2.45) is 12.8 Å². The van der Waals surface area contributed by atoms with Gasteiger partial charge < -0.3 is 24.5 Å². The maximum Gasteiger partial charge on any atom is 0.254 e. The van der Waals surface area contributed by atoms with Crippen molar-refractivity contribution >= 4 is 28.0 Å². The van der Waals surface area contributed by atoms with Crippen LogP contribution < -0.4 is 10.5 Å². The second-order valence-corrected chi connectivity index (χ2v) is 9.22. The first-order valence-electron chi connectivity index (χ1n) is 11.4. The van der Waals surface area contributed by atoms with E-state index < -0.39 is 0 Å². The van der Waals surface area contributed by atoms with Crippen LogP contribution in [0.4, 0.5) is 0 Å². The Hall–Kier alpha value is -3.39. The maximum absolute atomic E-state index is 13.3. The third-order valence-corrected chi connectivity index (χ3v) is 6.62. The van der Waals surface area contributed by atoms with Gasteiger partial charge in [0.15, 0.2) is 5.82 Å². The first-order chi connectivity index (χ1) is 15.8. The SMILES string of the molecule is CCn1c(-c2nc3cc(C(=O)N4CCC[C@](C)(N)C4)cc(OC)c3n2C)cc2cccnc21. The van der Waals surface area contributed by atoms with Crippen molar-refractivity contribution in [3.8, 4) is 17.3 Å². The molecule has 5 rings (SSSR count). The number of likely N-dealkylation sites (tertiary alicyclic amines) is 1. The van der Waals surface area contributed by atoms with Crippen molar-refractivity contribution in [1.29, 1.82) is 0 Å². The van der Waals surface area contributed by atoms with Crippen LogP contribution in [0, 0.1) is 0 Å². The van der Waals surface area contributed by atoms with Crippen LogP contribution in [-0.4, -0.2) is 55.6 Å². The Morgan fingerprint density at radius 3 is 2.85 bits per heavy atom. The number of aryl methyl sites for hydroxylation is 2. The molecule has 0 saturated carbocycles. The summed E-state index contributed by atoms with van der Waals surface area (Å²) >= 11 is 0. The lowest BCUT2D eigenvalue weighted by Gasteiger charge is -2.37. The van der Waals surface area contributed by atoms with Gasteiger partial charge in [0.05, 0.1) is 18.3 Å². The van der Waals surface area contributed by atoms with E-state index in [1.54, 1.807) is 13.3 Å². The van der Waals surface area contributed by atoms with E-state index in [-0.39, 0.29) is 11.4 Å². The second-order valence-electron chi connectivity index (χ2n) is 9.22. The zero-order valence-electron chi connectivity index (χ0n) is 19.6. The number of aromatic nitrogens is 4. The van der Waals surface area contributed by atoms with Gasteiger partial charge in [0, 0.05) is 49.4 Å². The summed E-state index contributed by atoms with van der Waals surface area (Å²) in [6.07, 6.45) is 3.63. The fourth-order valence-corrected chi connectivity index (χ4v) is 5.03. The number of fused-ring (bicyclic) bond motifs is 2. The van der Waals surface area contributed by atoms with E-state index in [0.29, 0.717) is 24.4 Å². The number of carbonyl (C=O) groups excluding carboxylic acids is 1. The molecular formula is C25H30N6O2. The summed E-state index contributed by atoms with van der Waals surface area (Å²) < 4.78 is 9.90. The van der Waals surface area contributed by atoms with Crippen molar-refractivity contribution in [2.45, 2.75) is 38.8 Å². The van der Waals surface area contributed by atoms with Crippen LogP contribution >= 0.6 is 0 Å². The minimum Gasteiger partial charge on any atom is -0.494 e. The van der Waals surface area contributed by atoms with Crippen LogP contribution in [0.5, 0.6) is 5.75 Å². The number of hydrogen-bond acceptors (Lipinski definition) is 5. The second kappa shape index (κ2) is 7.88. The molecule has 4 heterocycles. The number of imidazole rings is 1. The van der Waals surface area contributed by atoms with Crippen molar-refractivity contribution in [1.82, 2.24) is 24.0 Å². The predicted octanol–water partition coefficient (Wildman–Crippen LogP) is 3.57. The number of methoxy groups -OCH3 is 1. The fourth-order valence-electron chi connectivity index (χ4n) is 5.03. The van der Waals surface area contributed by atoms with Crippen LogP contribution in [0.2, 0.25) is 0 Å². The highest BCUT2D eigenvalue weighted by Crippen LogP contribution is 2.34. The molecule has 172 valence electrons. The summed E-state index contributed by atoms with van der Waals surface area (Å²) in [5.74, 6) is 1.40. The standard InChI is InChI=1S/C25H30N6O2/c1-5-31-19(13-16-8-6-10-27-22(16)31)23-28-18-12-17(14-20(33-4)21(18)29(23)3)24(32)30-11-7-9-25(2,26)15-30/h6,8,10,12-14H,5,7,9,11,15,26H2,1-4H3/t25-/m0/s1. The Labute approximate surface area is 193 Å². The molecule has 1 amide bonds. The molecule has 2 N–H and O–H groups in total. The average molecular weight is 447 g/mol. The van der Waals surface area contributed by atoms with Gasteiger partial charge in [0.25, 0.3) is 5.91 Å². The number of hydrogen-bond donors (Lipinski definition) is 1. The minimum atomic E-state index is -0.359. The highest BCUT2D eigenvalue weighted by Gasteiger charge is 2.31. The molecule has 1 fully saturated rings. The molecule has 3 aromatic heterocycles. The molecule has 1 atom stereocenters. The first kappa shape index (κ1) is 21.5. The molecule has 1 aromatic carbocycles. The summed E-state index contributed by atoms with van der Waals surface area (Å²) in [5.41, 5.74) is 10.0. The summed E-state index contributed by atoms with van der Waals surface area (Å²) in [6.45, 7) is 6.13. The predicted molar refractivity (Wildman–Crippen MR) is 129 cm³/mol. The van der Waals surface area contributed by atoms with Crippen LogP contribution in [0.15, 0.2) is 36.5 Å². The van der Waals surface area contributed by atoms with Gasteiger partial charge in [0.1, 0.15) is 16.9 Å². The van der Waals surface area contributed by atoms with Gasteiger partial charge in [-0.05, 0) is 57.0 Å². The van der Waals surface area contributed by atoms with E-state index in [1.165, 1.54) is 0 Å². The van der Waals surface area contributed by atoms with Gasteiger partial charge in [-0.15, -0.1) is 0 Å². The molecule has 0 radical (unpaired) electrons. The van der Waals surface area contributed by atoms with Crippen molar-refractivity contribution in [3.63, 3.8) is 0 Å². The number of ether oxygens (including phenoxy) is 1. The Balaban J connectivity index is 1.63. The zero-order chi connectivity index (χ0) is 23.3. The van der Waals surface area contributed by atoms with E-state index in [9.17, 15) is 4.79 Å². The molecule has 1 saturated heterocycles. The molecule has 8 nitrogen and oxygen atoms in total. The number of rotatable bonds is 4. The third-order valence-electron chi connectivity index (χ3n) is 6.62. The quantitative estimate of drug-likeness (QED) is 0.517. The van der Waals surface area contributed by atoms with Gasteiger partial charge >= 0.3 is 0 Å². The normalized spacial score (nSPS) is 18.9. The first-order valence-corrected chi connectivity index (χ1v) is 11.4. The van der Waals surface area contributed by atoms with Crippen LogP contribution in [0.25, 0.3) is 33.6 Å². The smallest absolute Gasteiger partial charge is 0.254 e. The highest BCUT2D eigenvalue weighted by atomic mass is 16.5. The largest absolute Gasteiger partial charge is 0.494 e. The number of carbonyl (C=O) groups is 1. The lowest BCUT2D eigenvalue weighted by Crippen LogP contribution is -2.53. The molecule has 33 heavy (non-hydrogen) atoms. The summed E-state index contributed by atoms with van der Waals surface area (Å²) in [7, 11) is 3.60. The Morgan fingerprint density at radius 2 is 2.12 bits per heavy atom. The molecule has 0 aliphatic carbocycles. The fraction of sp³-hybridized carbons (Fsp3) is 0.400. The number of piperidine rings is 1. The molecule has 1 aliphatic heterocycles. The number of benzene rings is 1. The van der Waals surface area contributed by atoms with Gasteiger partial charge in [-0.3, -0.25) is 4.79 Å². The molecule has 1 aliphatic rings. The third kappa shape index (κ3) is 3.54. The summed E-state index contributed by atoms with van der Waals surface area (Å²) in [5, 5.41) is 1.07. The number of pyridine rings is 1. The average Bonchev–Trinajstić information content (AvgIpc) is 3.34. The highest BCUT2D eigenvalue weighted by molar-refractivity contribution is 6.00. The van der Waals surface area contributed by atoms with E-state index in [4.69, 9.17) is 15.5 Å². The number of nitrogens with two attached hydrogens (primary N) is 1. The molecule has 0 spiro atoms. The van der Waals surface area contributed by atoms with Gasteiger partial charge in [-0.2, -0.15) is 0 Å². The van der Waals surface area contributed by atoms with Gasteiger partial charge in [-0.1, -0.05) is 0 Å². The molecule has 8 heteroatoms. The van der Waals surface area contributed by atoms with Crippen LogP contribution in [-0.2, 0) is 13.6 Å². The van der Waals surface area contributed by atoms with Crippen LogP contribution in [0.3, 0.4) is 0 Å². The summed E-state index contributed by atoms with van der Waals surface area (Å²) in [4.78, 5) is 24.7. The van der Waals surface area contributed by atoms with Gasteiger partial charge in [-0.25, -0.2) is 9.97 Å². The molecular weight excluding hydrogens is 416 g/mol. The Bertz CT molecular complexity index is 1370. The number of nitrogens with zero attached hydrogens (tertiary/aromatic N) is 5. The lowest BCUT2D eigenvalue weighted by atomic mass is 9.92. The van der Waals surface area contributed by atoms with E-state index in [1.807, 2.05) is 41.6 Å². The van der Waals surface area contributed by atoms with Crippen LogP contribution in [0.1, 0.15) is 37.0 Å². The topological polar surface area (TPSA) is 91.2 Å². The summed E-state index contributed by atoms with van der Waals surface area (Å²) in [6, 6.07) is 9.79. The number of amides is 1. The molecule has 0 unspecified atom stereocenters. The Morgan fingerprint density at radius 1 is 1.30 bits per heavy atom. The zero-order valence-corrected chi connectivity index (χ0v) is 19.6. The maximum atomic E-state index is 13.3. The lowest BCUT2D eigenvalue weighted by molar-refractivity contribution is 0.0657. The minimum absolute atomic E-state index is 0.0364. The molecule has 4 aromatic rings.